The van der Waals surface area contributed by atoms with Crippen LogP contribution in [0.1, 0.15) is 18.6 Å². The Balaban J connectivity index is 2.84. The highest BCUT2D eigenvalue weighted by molar-refractivity contribution is 5.88. The third-order valence-corrected chi connectivity index (χ3v) is 2.09. The summed E-state index contributed by atoms with van der Waals surface area (Å²) in [7, 11) is 1.41. The molecule has 1 rings (SSSR count). The van der Waals surface area contributed by atoms with Gasteiger partial charge in [0.15, 0.2) is 0 Å². The Morgan fingerprint density at radius 3 is 2.83 bits per heavy atom. The Hall–Kier alpha value is -2.06. The highest BCUT2D eigenvalue weighted by Crippen LogP contribution is 2.21. The summed E-state index contributed by atoms with van der Waals surface area (Å²) in [5, 5.41) is 9.62. The van der Waals surface area contributed by atoms with Crippen LogP contribution >= 0.6 is 0 Å². The summed E-state index contributed by atoms with van der Waals surface area (Å²) in [5.41, 5.74) is -0.0207. The number of aliphatic hydroxyl groups is 1. The third kappa shape index (κ3) is 3.75. The van der Waals surface area contributed by atoms with Crippen LogP contribution in [-0.4, -0.2) is 24.8 Å². The van der Waals surface area contributed by atoms with E-state index in [0.717, 1.165) is 6.07 Å². The maximum atomic E-state index is 13.5. The van der Waals surface area contributed by atoms with Gasteiger partial charge in [0.2, 0.25) is 0 Å². The van der Waals surface area contributed by atoms with Gasteiger partial charge in [0.25, 0.3) is 0 Å². The van der Waals surface area contributed by atoms with E-state index >= 15 is 0 Å². The molecule has 18 heavy (non-hydrogen) atoms. The van der Waals surface area contributed by atoms with Crippen LogP contribution in [0.2, 0.25) is 0 Å². The molecule has 1 unspecified atom stereocenters. The molecule has 0 radical (unpaired) electrons. The fraction of sp³-hybridized carbons (Fsp3) is 0.308. The van der Waals surface area contributed by atoms with Gasteiger partial charge in [-0.15, -0.1) is 0 Å². The summed E-state index contributed by atoms with van der Waals surface area (Å²) in [4.78, 5) is 10.9. The van der Waals surface area contributed by atoms with Gasteiger partial charge in [0, 0.05) is 17.6 Å². The maximum Gasteiger partial charge on any atom is 0.384 e. The molecule has 0 amide bonds. The predicted molar refractivity (Wildman–Crippen MR) is 62.3 cm³/mol. The zero-order valence-corrected chi connectivity index (χ0v) is 10.1. The third-order valence-electron chi connectivity index (χ3n) is 2.09. The number of methoxy groups -OCH3 is 1. The predicted octanol–water partition coefficient (Wildman–Crippen LogP) is 1.43. The molecule has 0 aliphatic rings. The molecule has 0 aliphatic carbocycles. The van der Waals surface area contributed by atoms with E-state index in [1.54, 1.807) is 6.92 Å². The van der Waals surface area contributed by atoms with Crippen molar-refractivity contribution in [1.29, 1.82) is 0 Å². The van der Waals surface area contributed by atoms with Crippen molar-refractivity contribution in [3.63, 3.8) is 0 Å². The molecule has 4 nitrogen and oxygen atoms in total. The SMILES string of the molecule is CCOC(=O)C#CC(O)c1ccc(OC)cc1F. The topological polar surface area (TPSA) is 55.8 Å². The van der Waals surface area contributed by atoms with Crippen molar-refractivity contribution in [2.45, 2.75) is 13.0 Å². The van der Waals surface area contributed by atoms with Crippen LogP contribution < -0.4 is 4.74 Å². The number of carbonyl (C=O) groups excluding carboxylic acids is 1. The lowest BCUT2D eigenvalue weighted by Gasteiger charge is -2.07. The largest absolute Gasteiger partial charge is 0.497 e. The molecule has 0 aromatic heterocycles. The lowest BCUT2D eigenvalue weighted by Crippen LogP contribution is -2.02. The molecular formula is C13H13FO4. The molecule has 1 aromatic carbocycles. The van der Waals surface area contributed by atoms with Crippen LogP contribution in [-0.2, 0) is 9.53 Å². The van der Waals surface area contributed by atoms with Crippen molar-refractivity contribution in [3.05, 3.63) is 29.6 Å². The maximum absolute atomic E-state index is 13.5. The van der Waals surface area contributed by atoms with Crippen molar-refractivity contribution in [3.8, 4) is 17.6 Å². The van der Waals surface area contributed by atoms with Crippen molar-refractivity contribution < 1.29 is 23.8 Å². The van der Waals surface area contributed by atoms with Gasteiger partial charge in [-0.2, -0.15) is 0 Å². The molecule has 1 N–H and O–H groups in total. The van der Waals surface area contributed by atoms with Crippen molar-refractivity contribution in [2.75, 3.05) is 13.7 Å². The number of hydrogen-bond donors (Lipinski definition) is 1. The highest BCUT2D eigenvalue weighted by atomic mass is 19.1. The lowest BCUT2D eigenvalue weighted by atomic mass is 10.1. The highest BCUT2D eigenvalue weighted by Gasteiger charge is 2.11. The van der Waals surface area contributed by atoms with Gasteiger partial charge < -0.3 is 14.6 Å². The second-order valence-corrected chi connectivity index (χ2v) is 3.28. The number of benzene rings is 1. The summed E-state index contributed by atoms with van der Waals surface area (Å²) in [6.07, 6.45) is -1.39. The number of carbonyl (C=O) groups is 1. The number of aliphatic hydroxyl groups excluding tert-OH is 1. The Labute approximate surface area is 104 Å². The zero-order valence-electron chi connectivity index (χ0n) is 10.1. The normalized spacial score (nSPS) is 11.1. The summed E-state index contributed by atoms with van der Waals surface area (Å²) >= 11 is 0. The van der Waals surface area contributed by atoms with E-state index < -0.39 is 17.9 Å². The molecule has 1 atom stereocenters. The molecule has 0 aliphatic heterocycles. The number of halogens is 1. The lowest BCUT2D eigenvalue weighted by molar-refractivity contribution is -0.136. The van der Waals surface area contributed by atoms with Gasteiger partial charge in [-0.1, -0.05) is 5.92 Å². The fourth-order valence-electron chi connectivity index (χ4n) is 1.23. The molecule has 5 heteroatoms. The summed E-state index contributed by atoms with van der Waals surface area (Å²) in [6.45, 7) is 1.83. The number of esters is 1. The first kappa shape index (κ1) is 14.0. The molecule has 0 saturated carbocycles. The molecule has 0 heterocycles. The number of hydrogen-bond acceptors (Lipinski definition) is 4. The average molecular weight is 252 g/mol. The van der Waals surface area contributed by atoms with E-state index in [0.29, 0.717) is 5.75 Å². The molecule has 0 spiro atoms. The zero-order chi connectivity index (χ0) is 13.5. The second kappa shape index (κ2) is 6.62. The molecule has 0 fully saturated rings. The van der Waals surface area contributed by atoms with E-state index in [-0.39, 0.29) is 12.2 Å². The molecule has 0 saturated heterocycles. The van der Waals surface area contributed by atoms with Gasteiger partial charge in [-0.25, -0.2) is 9.18 Å². The van der Waals surface area contributed by atoms with Gasteiger partial charge in [-0.3, -0.25) is 0 Å². The second-order valence-electron chi connectivity index (χ2n) is 3.28. The monoisotopic (exact) mass is 252 g/mol. The first-order valence-electron chi connectivity index (χ1n) is 5.28. The quantitative estimate of drug-likeness (QED) is 0.502. The van der Waals surface area contributed by atoms with Crippen LogP contribution in [0.4, 0.5) is 4.39 Å². The van der Waals surface area contributed by atoms with Crippen LogP contribution in [0.5, 0.6) is 5.75 Å². The van der Waals surface area contributed by atoms with Crippen molar-refractivity contribution in [2.24, 2.45) is 0 Å². The number of ether oxygens (including phenoxy) is 2. The average Bonchev–Trinajstić information content (AvgIpc) is 2.36. The van der Waals surface area contributed by atoms with Gasteiger partial charge >= 0.3 is 5.97 Å². The minimum Gasteiger partial charge on any atom is -0.497 e. The molecule has 96 valence electrons. The van der Waals surface area contributed by atoms with E-state index in [4.69, 9.17) is 4.74 Å². The molecule has 0 bridgehead atoms. The summed E-state index contributed by atoms with van der Waals surface area (Å²) in [5.74, 6) is 3.21. The summed E-state index contributed by atoms with van der Waals surface area (Å²) < 4.78 is 22.9. The first-order valence-corrected chi connectivity index (χ1v) is 5.28. The molecular weight excluding hydrogens is 239 g/mol. The van der Waals surface area contributed by atoms with Gasteiger partial charge in [0.05, 0.1) is 13.7 Å². The smallest absolute Gasteiger partial charge is 0.384 e. The van der Waals surface area contributed by atoms with E-state index in [9.17, 15) is 14.3 Å². The van der Waals surface area contributed by atoms with Crippen molar-refractivity contribution >= 4 is 5.97 Å². The van der Waals surface area contributed by atoms with Crippen molar-refractivity contribution in [1.82, 2.24) is 0 Å². The van der Waals surface area contributed by atoms with Crippen LogP contribution in [0.25, 0.3) is 0 Å². The summed E-state index contributed by atoms with van der Waals surface area (Å²) in [6, 6.07) is 3.97. The Kier molecular flexibility index (Phi) is 5.15. The van der Waals surface area contributed by atoms with Crippen LogP contribution in [0.3, 0.4) is 0 Å². The Morgan fingerprint density at radius 1 is 1.56 bits per heavy atom. The van der Waals surface area contributed by atoms with Gasteiger partial charge in [0.1, 0.15) is 17.7 Å². The first-order chi connectivity index (χ1) is 8.58. The van der Waals surface area contributed by atoms with Gasteiger partial charge in [-0.05, 0) is 19.1 Å². The fourth-order valence-corrected chi connectivity index (χ4v) is 1.23. The minimum absolute atomic E-state index is 0.0207. The Bertz CT molecular complexity index is 487. The minimum atomic E-state index is -1.39. The Morgan fingerprint density at radius 2 is 2.28 bits per heavy atom. The van der Waals surface area contributed by atoms with E-state index in [1.165, 1.54) is 19.2 Å². The standard InChI is InChI=1S/C13H13FO4/c1-3-18-13(16)7-6-12(15)10-5-4-9(17-2)8-11(10)14/h4-5,8,12,15H,3H2,1-2H3. The van der Waals surface area contributed by atoms with E-state index in [2.05, 4.69) is 16.6 Å². The number of rotatable bonds is 3. The van der Waals surface area contributed by atoms with Crippen LogP contribution in [0.15, 0.2) is 18.2 Å². The molecule has 1 aromatic rings. The van der Waals surface area contributed by atoms with E-state index in [1.807, 2.05) is 0 Å². The van der Waals surface area contributed by atoms with Crippen LogP contribution in [0, 0.1) is 17.7 Å².